The van der Waals surface area contributed by atoms with Gasteiger partial charge in [0.15, 0.2) is 0 Å². The second-order valence-electron chi connectivity index (χ2n) is 12.2. The summed E-state index contributed by atoms with van der Waals surface area (Å²) in [5, 5.41) is 15.6. The molecular weight excluding hydrogens is 530 g/mol. The van der Waals surface area contributed by atoms with Crippen LogP contribution in [0, 0.1) is 0 Å². The van der Waals surface area contributed by atoms with Crippen molar-refractivity contribution in [1.29, 1.82) is 0 Å². The van der Waals surface area contributed by atoms with E-state index in [1.807, 2.05) is 45.0 Å². The molecule has 0 bridgehead atoms. The number of amides is 3. The minimum Gasteiger partial charge on any atom is -0.508 e. The molecule has 2 rings (SSSR count). The highest BCUT2D eigenvalue weighted by Crippen LogP contribution is 2.33. The van der Waals surface area contributed by atoms with Crippen LogP contribution in [0.25, 0.3) is 6.08 Å². The molecule has 8 heteroatoms. The van der Waals surface area contributed by atoms with Gasteiger partial charge in [0, 0.05) is 18.5 Å². The number of aromatic hydroxyl groups is 1. The summed E-state index contributed by atoms with van der Waals surface area (Å²) < 4.78 is 5.51. The van der Waals surface area contributed by atoms with Gasteiger partial charge in [0.2, 0.25) is 11.8 Å². The van der Waals surface area contributed by atoms with Crippen LogP contribution in [-0.4, -0.2) is 51.6 Å². The van der Waals surface area contributed by atoms with E-state index in [4.69, 9.17) is 4.74 Å². The van der Waals surface area contributed by atoms with Crippen molar-refractivity contribution in [2.75, 3.05) is 6.54 Å². The van der Waals surface area contributed by atoms with Crippen molar-refractivity contribution in [3.05, 3.63) is 71.8 Å². The molecule has 2 aromatic carbocycles. The third-order valence-corrected chi connectivity index (χ3v) is 7.17. The number of nitrogens with zero attached hydrogens (tertiary/aromatic N) is 1. The molecule has 2 atom stereocenters. The second-order valence-corrected chi connectivity index (χ2v) is 12.2. The monoisotopic (exact) mass is 579 g/mol. The molecule has 0 fully saturated rings. The van der Waals surface area contributed by atoms with Crippen LogP contribution in [0.3, 0.4) is 0 Å². The van der Waals surface area contributed by atoms with Crippen LogP contribution >= 0.6 is 0 Å². The lowest BCUT2D eigenvalue weighted by Crippen LogP contribution is -2.60. The molecular formula is C34H49N3O5. The molecule has 2 unspecified atom stereocenters. The first-order valence-corrected chi connectivity index (χ1v) is 14.8. The van der Waals surface area contributed by atoms with E-state index in [1.165, 1.54) is 12.1 Å². The number of hydrogen-bond donors (Lipinski definition) is 3. The SMILES string of the molecule is C=Cc1cccc(C(C(=O)NCCCCC)N(C(=O)C(Cc2ccc(O)cc2)NC(=O)OC(C)(C)C)C(C)(C)CC)c1. The zero-order valence-corrected chi connectivity index (χ0v) is 26.3. The van der Waals surface area contributed by atoms with Crippen LogP contribution in [0.15, 0.2) is 55.1 Å². The van der Waals surface area contributed by atoms with Gasteiger partial charge in [-0.25, -0.2) is 4.79 Å². The van der Waals surface area contributed by atoms with E-state index in [0.29, 0.717) is 18.5 Å². The Balaban J connectivity index is 2.65. The minimum absolute atomic E-state index is 0.0948. The van der Waals surface area contributed by atoms with E-state index in [1.54, 1.807) is 43.9 Å². The first-order valence-electron chi connectivity index (χ1n) is 14.8. The van der Waals surface area contributed by atoms with E-state index < -0.39 is 35.2 Å². The number of rotatable bonds is 14. The van der Waals surface area contributed by atoms with Crippen LogP contribution in [-0.2, 0) is 20.7 Å². The lowest BCUT2D eigenvalue weighted by atomic mass is 9.90. The zero-order chi connectivity index (χ0) is 31.5. The second kappa shape index (κ2) is 15.4. The number of benzene rings is 2. The summed E-state index contributed by atoms with van der Waals surface area (Å²) in [7, 11) is 0. The predicted octanol–water partition coefficient (Wildman–Crippen LogP) is 6.54. The van der Waals surface area contributed by atoms with Gasteiger partial charge in [-0.2, -0.15) is 0 Å². The summed E-state index contributed by atoms with van der Waals surface area (Å²) in [5.74, 6) is -0.612. The molecule has 0 aromatic heterocycles. The van der Waals surface area contributed by atoms with Crippen molar-refractivity contribution in [3.8, 4) is 5.75 Å². The van der Waals surface area contributed by atoms with Crippen molar-refractivity contribution < 1.29 is 24.2 Å². The summed E-state index contributed by atoms with van der Waals surface area (Å²) >= 11 is 0. The Morgan fingerprint density at radius 2 is 1.69 bits per heavy atom. The Kier molecular flexibility index (Phi) is 12.6. The molecule has 0 aliphatic carbocycles. The number of carbonyl (C=O) groups is 3. The van der Waals surface area contributed by atoms with Crippen molar-refractivity contribution >= 4 is 24.0 Å². The van der Waals surface area contributed by atoms with Crippen molar-refractivity contribution in [2.24, 2.45) is 0 Å². The predicted molar refractivity (Wildman–Crippen MR) is 168 cm³/mol. The van der Waals surface area contributed by atoms with Crippen molar-refractivity contribution in [1.82, 2.24) is 15.5 Å². The molecule has 2 aromatic rings. The summed E-state index contributed by atoms with van der Waals surface area (Å²) in [6.45, 7) is 17.5. The molecule has 3 amide bonds. The van der Waals surface area contributed by atoms with Gasteiger partial charge in [-0.1, -0.05) is 69.7 Å². The van der Waals surface area contributed by atoms with E-state index in [9.17, 15) is 19.5 Å². The minimum atomic E-state index is -1.05. The summed E-state index contributed by atoms with van der Waals surface area (Å²) in [6.07, 6.45) is 4.48. The topological polar surface area (TPSA) is 108 Å². The Bertz CT molecular complexity index is 1200. The number of ether oxygens (including phenoxy) is 1. The zero-order valence-electron chi connectivity index (χ0n) is 26.3. The molecule has 0 radical (unpaired) electrons. The summed E-state index contributed by atoms with van der Waals surface area (Å²) in [4.78, 5) is 43.2. The highest BCUT2D eigenvalue weighted by atomic mass is 16.6. The summed E-state index contributed by atoms with van der Waals surface area (Å²) in [6, 6.07) is 11.9. The molecule has 0 spiro atoms. The molecule has 0 saturated heterocycles. The number of alkyl carbamates (subject to hydrolysis) is 1. The molecule has 0 aliphatic rings. The number of nitrogens with one attached hydrogen (secondary N) is 2. The van der Waals surface area contributed by atoms with E-state index in [-0.39, 0.29) is 18.1 Å². The van der Waals surface area contributed by atoms with Gasteiger partial charge in [-0.3, -0.25) is 9.59 Å². The maximum Gasteiger partial charge on any atom is 0.408 e. The quantitative estimate of drug-likeness (QED) is 0.220. The highest BCUT2D eigenvalue weighted by Gasteiger charge is 2.43. The third-order valence-electron chi connectivity index (χ3n) is 7.17. The lowest BCUT2D eigenvalue weighted by Gasteiger charge is -2.44. The molecule has 3 N–H and O–H groups in total. The number of carbonyl (C=O) groups excluding carboxylic acids is 3. The van der Waals surface area contributed by atoms with Gasteiger partial charge >= 0.3 is 6.09 Å². The largest absolute Gasteiger partial charge is 0.508 e. The standard InChI is InChI=1S/C34H49N3O5/c1-9-12-13-21-35-30(39)29(26-16-14-15-24(10-2)22-26)37(34(7,8)11-3)31(40)28(36-32(41)42-33(4,5)6)23-25-17-19-27(38)20-18-25/h10,14-20,22,28-29,38H,2,9,11-13,21,23H2,1,3-8H3,(H,35,39)(H,36,41). The van der Waals surface area contributed by atoms with Crippen LogP contribution in [0.4, 0.5) is 4.79 Å². The molecule has 0 heterocycles. The van der Waals surface area contributed by atoms with E-state index >= 15 is 0 Å². The maximum absolute atomic E-state index is 14.7. The highest BCUT2D eigenvalue weighted by molar-refractivity contribution is 5.93. The molecule has 230 valence electrons. The maximum atomic E-state index is 14.7. The van der Waals surface area contributed by atoms with Crippen molar-refractivity contribution in [2.45, 2.75) is 104 Å². The van der Waals surface area contributed by atoms with Crippen LogP contribution in [0.1, 0.15) is 96.9 Å². The number of hydrogen-bond acceptors (Lipinski definition) is 5. The normalized spacial score (nSPS) is 13.0. The van der Waals surface area contributed by atoms with Gasteiger partial charge in [0.1, 0.15) is 23.4 Å². The van der Waals surface area contributed by atoms with Crippen LogP contribution < -0.4 is 10.6 Å². The fourth-order valence-corrected chi connectivity index (χ4v) is 4.59. The first kappa shape index (κ1) is 34.4. The molecule has 8 nitrogen and oxygen atoms in total. The third kappa shape index (κ3) is 10.2. The van der Waals surface area contributed by atoms with E-state index in [2.05, 4.69) is 24.1 Å². The Morgan fingerprint density at radius 1 is 1.02 bits per heavy atom. The van der Waals surface area contributed by atoms with Crippen molar-refractivity contribution in [3.63, 3.8) is 0 Å². The van der Waals surface area contributed by atoms with Gasteiger partial charge in [0.05, 0.1) is 0 Å². The average molecular weight is 580 g/mol. The number of phenols is 1. The fraction of sp³-hybridized carbons (Fsp3) is 0.500. The molecule has 0 saturated carbocycles. The van der Waals surface area contributed by atoms with E-state index in [0.717, 1.165) is 30.4 Å². The van der Waals surface area contributed by atoms with Crippen LogP contribution in [0.5, 0.6) is 5.75 Å². The fourth-order valence-electron chi connectivity index (χ4n) is 4.59. The van der Waals surface area contributed by atoms with Gasteiger partial charge < -0.3 is 25.4 Å². The molecule has 0 aliphatic heterocycles. The average Bonchev–Trinajstić information content (AvgIpc) is 2.93. The molecule has 42 heavy (non-hydrogen) atoms. The Labute approximate surface area is 251 Å². The lowest BCUT2D eigenvalue weighted by molar-refractivity contribution is -0.149. The van der Waals surface area contributed by atoms with Gasteiger partial charge in [-0.15, -0.1) is 0 Å². The summed E-state index contributed by atoms with van der Waals surface area (Å²) in [5.41, 5.74) is 0.660. The Morgan fingerprint density at radius 3 is 2.26 bits per heavy atom. The first-order chi connectivity index (χ1) is 19.7. The van der Waals surface area contributed by atoms with Crippen LogP contribution in [0.2, 0.25) is 0 Å². The van der Waals surface area contributed by atoms with Gasteiger partial charge in [0.25, 0.3) is 0 Å². The number of unbranched alkanes of at least 4 members (excludes halogenated alkanes) is 2. The number of phenolic OH excluding ortho intramolecular Hbond substituents is 1. The van der Waals surface area contributed by atoms with Gasteiger partial charge in [-0.05, 0) is 82.3 Å². The Hall–Kier alpha value is -3.81. The smallest absolute Gasteiger partial charge is 0.408 e.